The Hall–Kier alpha value is -0.170. The average Bonchev–Trinajstić information content (AvgIpc) is 2.79. The lowest BCUT2D eigenvalue weighted by molar-refractivity contribution is 0.164. The molecule has 1 aliphatic heterocycles. The van der Waals surface area contributed by atoms with Gasteiger partial charge < -0.3 is 5.11 Å². The Kier molecular flexibility index (Phi) is 5.45. The van der Waals surface area contributed by atoms with Crippen LogP contribution in [-0.4, -0.2) is 43.6 Å². The third-order valence-electron chi connectivity index (χ3n) is 5.13. The summed E-state index contributed by atoms with van der Waals surface area (Å²) in [6.07, 6.45) is 4.93. The molecule has 4 unspecified atom stereocenters. The minimum Gasteiger partial charge on any atom is -0.396 e. The summed E-state index contributed by atoms with van der Waals surface area (Å²) in [5, 5.41) is 9.23. The molecule has 0 bridgehead atoms. The van der Waals surface area contributed by atoms with Crippen LogP contribution < -0.4 is 4.72 Å². The van der Waals surface area contributed by atoms with Crippen molar-refractivity contribution < 1.29 is 13.5 Å². The fourth-order valence-electron chi connectivity index (χ4n) is 3.65. The first kappa shape index (κ1) is 16.2. The third kappa shape index (κ3) is 3.53. The number of hydrogen-bond donors (Lipinski definition) is 2. The molecule has 1 aliphatic carbocycles. The quantitative estimate of drug-likeness (QED) is 0.805. The average molecular weight is 304 g/mol. The van der Waals surface area contributed by atoms with Gasteiger partial charge in [-0.05, 0) is 43.4 Å². The zero-order chi connectivity index (χ0) is 14.8. The molecule has 6 heteroatoms. The minimum absolute atomic E-state index is 0.0689. The van der Waals surface area contributed by atoms with E-state index in [1.165, 1.54) is 4.31 Å². The van der Waals surface area contributed by atoms with Crippen LogP contribution in [0.4, 0.5) is 0 Å². The highest BCUT2D eigenvalue weighted by molar-refractivity contribution is 7.87. The molecule has 0 amide bonds. The van der Waals surface area contributed by atoms with Gasteiger partial charge in [0.15, 0.2) is 0 Å². The number of piperidine rings is 1. The van der Waals surface area contributed by atoms with Gasteiger partial charge in [0.1, 0.15) is 0 Å². The van der Waals surface area contributed by atoms with Crippen molar-refractivity contribution in [3.05, 3.63) is 0 Å². The van der Waals surface area contributed by atoms with Crippen LogP contribution in [0.25, 0.3) is 0 Å². The van der Waals surface area contributed by atoms with Gasteiger partial charge in [0.05, 0.1) is 0 Å². The Balaban J connectivity index is 1.97. The molecule has 20 heavy (non-hydrogen) atoms. The minimum atomic E-state index is -3.40. The van der Waals surface area contributed by atoms with E-state index in [1.807, 2.05) is 0 Å². The SMILES string of the molecule is CCC1CCC(NS(=O)(=O)N2CCCC(CO)C2)C1C. The van der Waals surface area contributed by atoms with E-state index < -0.39 is 10.2 Å². The molecule has 2 N–H and O–H groups in total. The van der Waals surface area contributed by atoms with Crippen molar-refractivity contribution in [2.24, 2.45) is 17.8 Å². The van der Waals surface area contributed by atoms with E-state index in [0.717, 1.165) is 32.1 Å². The molecule has 2 aliphatic rings. The van der Waals surface area contributed by atoms with Gasteiger partial charge in [-0.3, -0.25) is 0 Å². The van der Waals surface area contributed by atoms with E-state index in [1.54, 1.807) is 0 Å². The van der Waals surface area contributed by atoms with Gasteiger partial charge in [-0.25, -0.2) is 0 Å². The molecule has 1 heterocycles. The summed E-state index contributed by atoms with van der Waals surface area (Å²) in [7, 11) is -3.40. The van der Waals surface area contributed by atoms with Crippen LogP contribution in [0.1, 0.15) is 46.0 Å². The monoisotopic (exact) mass is 304 g/mol. The van der Waals surface area contributed by atoms with Crippen molar-refractivity contribution in [2.75, 3.05) is 19.7 Å². The van der Waals surface area contributed by atoms with Crippen molar-refractivity contribution in [3.63, 3.8) is 0 Å². The van der Waals surface area contributed by atoms with Crippen LogP contribution in [0.5, 0.6) is 0 Å². The molecule has 5 nitrogen and oxygen atoms in total. The van der Waals surface area contributed by atoms with Gasteiger partial charge >= 0.3 is 0 Å². The molecule has 0 aromatic carbocycles. The lowest BCUT2D eigenvalue weighted by Crippen LogP contribution is -2.50. The standard InChI is InChI=1S/C14H28N2O3S/c1-3-13-6-7-14(11(13)2)15-20(18,19)16-8-4-5-12(9-16)10-17/h11-15,17H,3-10H2,1-2H3. The summed E-state index contributed by atoms with van der Waals surface area (Å²) in [6, 6.07) is 0.0689. The van der Waals surface area contributed by atoms with Crippen molar-refractivity contribution in [1.82, 2.24) is 9.03 Å². The molecule has 4 atom stereocenters. The zero-order valence-corrected chi connectivity index (χ0v) is 13.4. The highest BCUT2D eigenvalue weighted by Gasteiger charge is 2.36. The van der Waals surface area contributed by atoms with Gasteiger partial charge in [-0.1, -0.05) is 20.3 Å². The summed E-state index contributed by atoms with van der Waals surface area (Å²) >= 11 is 0. The van der Waals surface area contributed by atoms with Gasteiger partial charge in [-0.2, -0.15) is 17.4 Å². The Morgan fingerprint density at radius 2 is 2.05 bits per heavy atom. The first-order chi connectivity index (χ1) is 9.47. The highest BCUT2D eigenvalue weighted by atomic mass is 32.2. The molecule has 118 valence electrons. The van der Waals surface area contributed by atoms with Crippen molar-refractivity contribution in [1.29, 1.82) is 0 Å². The molecule has 0 radical (unpaired) electrons. The third-order valence-corrected chi connectivity index (χ3v) is 6.74. The maximum atomic E-state index is 12.5. The second kappa shape index (κ2) is 6.73. The predicted octanol–water partition coefficient (Wildman–Crippen LogP) is 1.35. The lowest BCUT2D eigenvalue weighted by Gasteiger charge is -2.32. The van der Waals surface area contributed by atoms with E-state index in [9.17, 15) is 13.5 Å². The van der Waals surface area contributed by atoms with Crippen molar-refractivity contribution in [2.45, 2.75) is 52.0 Å². The van der Waals surface area contributed by atoms with Crippen LogP contribution >= 0.6 is 0 Å². The number of nitrogens with zero attached hydrogens (tertiary/aromatic N) is 1. The van der Waals surface area contributed by atoms with Gasteiger partial charge in [0.2, 0.25) is 0 Å². The van der Waals surface area contributed by atoms with Crippen LogP contribution in [0.3, 0.4) is 0 Å². The van der Waals surface area contributed by atoms with E-state index in [4.69, 9.17) is 0 Å². The predicted molar refractivity (Wildman–Crippen MR) is 79.4 cm³/mol. The number of aliphatic hydroxyl groups is 1. The smallest absolute Gasteiger partial charge is 0.279 e. The van der Waals surface area contributed by atoms with E-state index >= 15 is 0 Å². The van der Waals surface area contributed by atoms with Crippen LogP contribution in [-0.2, 0) is 10.2 Å². The van der Waals surface area contributed by atoms with Gasteiger partial charge in [0, 0.05) is 25.7 Å². The summed E-state index contributed by atoms with van der Waals surface area (Å²) < 4.78 is 29.4. The first-order valence-electron chi connectivity index (χ1n) is 7.86. The summed E-state index contributed by atoms with van der Waals surface area (Å²) in [6.45, 7) is 5.42. The molecule has 0 aromatic rings. The highest BCUT2D eigenvalue weighted by Crippen LogP contribution is 2.34. The van der Waals surface area contributed by atoms with Gasteiger partial charge in [-0.15, -0.1) is 0 Å². The second-order valence-corrected chi connectivity index (χ2v) is 8.09. The molecule has 1 saturated heterocycles. The molecule has 1 saturated carbocycles. The molecule has 0 aromatic heterocycles. The van der Waals surface area contributed by atoms with E-state index in [2.05, 4.69) is 18.6 Å². The number of rotatable bonds is 5. The maximum absolute atomic E-state index is 12.5. The Bertz CT molecular complexity index is 413. The summed E-state index contributed by atoms with van der Waals surface area (Å²) in [4.78, 5) is 0. The van der Waals surface area contributed by atoms with Gasteiger partial charge in [0.25, 0.3) is 10.2 Å². The van der Waals surface area contributed by atoms with Crippen LogP contribution in [0, 0.1) is 17.8 Å². The number of nitrogens with one attached hydrogen (secondary N) is 1. The Morgan fingerprint density at radius 1 is 1.30 bits per heavy atom. The van der Waals surface area contributed by atoms with Crippen molar-refractivity contribution in [3.8, 4) is 0 Å². The van der Waals surface area contributed by atoms with Crippen molar-refractivity contribution >= 4 is 10.2 Å². The number of aliphatic hydroxyl groups excluding tert-OH is 1. The number of hydrogen-bond acceptors (Lipinski definition) is 3. The molecule has 2 rings (SSSR count). The summed E-state index contributed by atoms with van der Waals surface area (Å²) in [5.74, 6) is 1.13. The van der Waals surface area contributed by atoms with Crippen LogP contribution in [0.15, 0.2) is 0 Å². The normalized spacial score (nSPS) is 36.4. The Labute approximate surface area is 122 Å². The zero-order valence-electron chi connectivity index (χ0n) is 12.6. The lowest BCUT2D eigenvalue weighted by atomic mass is 9.94. The Morgan fingerprint density at radius 3 is 2.65 bits per heavy atom. The molecule has 0 spiro atoms. The largest absolute Gasteiger partial charge is 0.396 e. The first-order valence-corrected chi connectivity index (χ1v) is 9.30. The fourth-order valence-corrected chi connectivity index (χ4v) is 5.29. The van der Waals surface area contributed by atoms with Crippen LogP contribution in [0.2, 0.25) is 0 Å². The van der Waals surface area contributed by atoms with E-state index in [-0.39, 0.29) is 18.6 Å². The molecule has 2 fully saturated rings. The maximum Gasteiger partial charge on any atom is 0.279 e. The summed E-state index contributed by atoms with van der Waals surface area (Å²) in [5.41, 5.74) is 0. The molecular formula is C14H28N2O3S. The second-order valence-electron chi connectivity index (χ2n) is 6.38. The fraction of sp³-hybridized carbons (Fsp3) is 1.00. The van der Waals surface area contributed by atoms with E-state index in [0.29, 0.717) is 24.9 Å². The topological polar surface area (TPSA) is 69.6 Å². The molecular weight excluding hydrogens is 276 g/mol.